The average molecular weight is 494 g/mol. The van der Waals surface area contributed by atoms with E-state index in [-0.39, 0.29) is 17.9 Å². The smallest absolute Gasteiger partial charge is 0.359 e. The molecule has 0 aliphatic heterocycles. The van der Waals surface area contributed by atoms with E-state index in [0.29, 0.717) is 22.0 Å². The monoisotopic (exact) mass is 493 g/mol. The van der Waals surface area contributed by atoms with E-state index in [1.54, 1.807) is 42.1 Å². The molecule has 3 aromatic heterocycles. The lowest BCUT2D eigenvalue weighted by molar-refractivity contribution is -0.119. The lowest BCUT2D eigenvalue weighted by Gasteiger charge is -2.09. The molecule has 0 fully saturated rings. The molecule has 10 heteroatoms. The Bertz CT molecular complexity index is 1390. The minimum absolute atomic E-state index is 0.0912. The summed E-state index contributed by atoms with van der Waals surface area (Å²) in [5.41, 5.74) is 3.31. The Morgan fingerprint density at radius 1 is 1.09 bits per heavy atom. The summed E-state index contributed by atoms with van der Waals surface area (Å²) in [7, 11) is 1.57. The highest BCUT2D eigenvalue weighted by Crippen LogP contribution is 2.36. The van der Waals surface area contributed by atoms with Crippen LogP contribution in [0.1, 0.15) is 33.3 Å². The summed E-state index contributed by atoms with van der Waals surface area (Å²) in [5.74, 6) is -1.20. The topological polar surface area (TPSA) is 108 Å². The Balaban J connectivity index is 1.48. The zero-order valence-electron chi connectivity index (χ0n) is 19.4. The van der Waals surface area contributed by atoms with Crippen LogP contribution in [0.3, 0.4) is 0 Å². The average Bonchev–Trinajstić information content (AvgIpc) is 3.46. The van der Waals surface area contributed by atoms with Crippen molar-refractivity contribution < 1.29 is 28.6 Å². The minimum Gasteiger partial charge on any atom is -0.497 e. The molecule has 0 saturated heterocycles. The number of rotatable bonds is 8. The molecule has 0 aliphatic rings. The van der Waals surface area contributed by atoms with Gasteiger partial charge in [0, 0.05) is 23.3 Å². The second-order valence-corrected chi connectivity index (χ2v) is 8.40. The normalized spacial score (nSPS) is 10.7. The van der Waals surface area contributed by atoms with E-state index in [2.05, 4.69) is 10.3 Å². The number of methoxy groups -OCH3 is 1. The molecule has 4 aromatic rings. The van der Waals surface area contributed by atoms with Crippen LogP contribution in [0.15, 0.2) is 54.2 Å². The second-order valence-electron chi connectivity index (χ2n) is 7.52. The molecule has 0 saturated carbocycles. The predicted molar refractivity (Wildman–Crippen MR) is 131 cm³/mol. The van der Waals surface area contributed by atoms with Gasteiger partial charge in [0.25, 0.3) is 5.91 Å². The summed E-state index contributed by atoms with van der Waals surface area (Å²) < 4.78 is 17.2. The van der Waals surface area contributed by atoms with Crippen molar-refractivity contribution in [1.82, 2.24) is 9.38 Å². The number of ether oxygens (including phenoxy) is 3. The van der Waals surface area contributed by atoms with Crippen LogP contribution in [0, 0.1) is 6.92 Å². The maximum atomic E-state index is 12.7. The van der Waals surface area contributed by atoms with Crippen LogP contribution in [0.5, 0.6) is 5.75 Å². The molecule has 0 radical (unpaired) electrons. The number of carbonyl (C=O) groups excluding carboxylic acids is 3. The highest BCUT2D eigenvalue weighted by Gasteiger charge is 2.23. The summed E-state index contributed by atoms with van der Waals surface area (Å²) in [5, 5.41) is 4.72. The van der Waals surface area contributed by atoms with E-state index in [4.69, 9.17) is 14.2 Å². The van der Waals surface area contributed by atoms with E-state index in [9.17, 15) is 14.4 Å². The lowest BCUT2D eigenvalue weighted by atomic mass is 10.0. The third kappa shape index (κ3) is 5.33. The van der Waals surface area contributed by atoms with Crippen LogP contribution in [-0.4, -0.2) is 47.6 Å². The van der Waals surface area contributed by atoms with Crippen molar-refractivity contribution in [3.05, 3.63) is 71.0 Å². The number of nitrogens with one attached hydrogen (secondary N) is 1. The Labute approximate surface area is 205 Å². The molecule has 4 rings (SSSR count). The highest BCUT2D eigenvalue weighted by atomic mass is 32.1. The molecule has 1 amide bonds. The third-order valence-electron chi connectivity index (χ3n) is 5.08. The molecule has 3 heterocycles. The number of hydrogen-bond acceptors (Lipinski definition) is 8. The van der Waals surface area contributed by atoms with Crippen LogP contribution < -0.4 is 10.1 Å². The number of nitrogens with zero attached hydrogens (tertiary/aromatic N) is 2. The molecule has 35 heavy (non-hydrogen) atoms. The summed E-state index contributed by atoms with van der Waals surface area (Å²) in [6, 6.07) is 10.9. The Hall–Kier alpha value is -4.18. The summed E-state index contributed by atoms with van der Waals surface area (Å²) in [6.07, 6.45) is 3.32. The molecular weight excluding hydrogens is 470 g/mol. The van der Waals surface area contributed by atoms with E-state index in [1.807, 2.05) is 31.2 Å². The summed E-state index contributed by atoms with van der Waals surface area (Å²) in [6.45, 7) is 3.27. The predicted octanol–water partition coefficient (Wildman–Crippen LogP) is 4.35. The number of imidazole rings is 1. The lowest BCUT2D eigenvalue weighted by Crippen LogP contribution is -2.22. The number of esters is 2. The van der Waals surface area contributed by atoms with Gasteiger partial charge in [-0.25, -0.2) is 14.6 Å². The van der Waals surface area contributed by atoms with Crippen molar-refractivity contribution in [2.45, 2.75) is 13.8 Å². The highest BCUT2D eigenvalue weighted by molar-refractivity contribution is 7.15. The number of fused-ring (bicyclic) bond motifs is 1. The SMILES string of the molecule is CCOC(=O)c1c(-c2ccc(OC)cc2)csc1NC(=O)COC(=O)c1cn2ccc(C)cc2n1. The molecule has 0 atom stereocenters. The van der Waals surface area contributed by atoms with Gasteiger partial charge in [0.05, 0.1) is 13.7 Å². The first-order chi connectivity index (χ1) is 16.9. The van der Waals surface area contributed by atoms with E-state index >= 15 is 0 Å². The zero-order chi connectivity index (χ0) is 24.9. The molecule has 1 N–H and O–H groups in total. The standard InChI is InChI=1S/C25H23N3O6S/c1-4-33-25(31)22-18(16-5-7-17(32-3)8-6-16)14-35-23(22)27-21(29)13-34-24(30)19-12-28-10-9-15(2)11-20(28)26-19/h5-12,14H,4,13H2,1-3H3,(H,27,29). The Morgan fingerprint density at radius 3 is 2.57 bits per heavy atom. The molecular formula is C25H23N3O6S. The number of benzene rings is 1. The van der Waals surface area contributed by atoms with Gasteiger partial charge in [0.15, 0.2) is 12.3 Å². The fourth-order valence-electron chi connectivity index (χ4n) is 3.39. The number of aryl methyl sites for hydroxylation is 1. The number of thiophene rings is 1. The fourth-order valence-corrected chi connectivity index (χ4v) is 4.36. The molecule has 1 aromatic carbocycles. The Morgan fingerprint density at radius 2 is 1.86 bits per heavy atom. The number of hydrogen-bond donors (Lipinski definition) is 1. The van der Waals surface area contributed by atoms with Crippen LogP contribution in [-0.2, 0) is 14.3 Å². The van der Waals surface area contributed by atoms with Gasteiger partial charge >= 0.3 is 11.9 Å². The molecule has 0 spiro atoms. The van der Waals surface area contributed by atoms with Gasteiger partial charge in [0.2, 0.25) is 0 Å². The number of pyridine rings is 1. The molecule has 9 nitrogen and oxygen atoms in total. The largest absolute Gasteiger partial charge is 0.497 e. The summed E-state index contributed by atoms with van der Waals surface area (Å²) in [4.78, 5) is 41.9. The molecule has 0 unspecified atom stereocenters. The van der Waals surface area contributed by atoms with Gasteiger partial charge in [0.1, 0.15) is 22.0 Å². The van der Waals surface area contributed by atoms with Gasteiger partial charge in [-0.3, -0.25) is 4.79 Å². The van der Waals surface area contributed by atoms with Crippen molar-refractivity contribution in [2.75, 3.05) is 25.6 Å². The number of anilines is 1. The van der Waals surface area contributed by atoms with Crippen molar-refractivity contribution in [3.8, 4) is 16.9 Å². The van der Waals surface area contributed by atoms with Crippen LogP contribution in [0.4, 0.5) is 5.00 Å². The van der Waals surface area contributed by atoms with Crippen LogP contribution in [0.2, 0.25) is 0 Å². The summed E-state index contributed by atoms with van der Waals surface area (Å²) >= 11 is 1.18. The van der Waals surface area contributed by atoms with Crippen molar-refractivity contribution >= 4 is 39.8 Å². The van der Waals surface area contributed by atoms with Gasteiger partial charge in [-0.2, -0.15) is 0 Å². The second kappa shape index (κ2) is 10.4. The van der Waals surface area contributed by atoms with Gasteiger partial charge < -0.3 is 23.9 Å². The van der Waals surface area contributed by atoms with Crippen molar-refractivity contribution in [1.29, 1.82) is 0 Å². The number of carbonyl (C=O) groups is 3. The fraction of sp³-hybridized carbons (Fsp3) is 0.200. The number of aromatic nitrogens is 2. The van der Waals surface area contributed by atoms with E-state index in [1.165, 1.54) is 17.5 Å². The quantitative estimate of drug-likeness (QED) is 0.364. The maximum Gasteiger partial charge on any atom is 0.359 e. The van der Waals surface area contributed by atoms with Crippen LogP contribution >= 0.6 is 11.3 Å². The number of amides is 1. The first kappa shape index (κ1) is 24.0. The van der Waals surface area contributed by atoms with Gasteiger partial charge in [-0.1, -0.05) is 12.1 Å². The maximum absolute atomic E-state index is 12.7. The molecule has 0 aliphatic carbocycles. The minimum atomic E-state index is -0.725. The van der Waals surface area contributed by atoms with Crippen LogP contribution in [0.25, 0.3) is 16.8 Å². The van der Waals surface area contributed by atoms with Gasteiger partial charge in [-0.15, -0.1) is 11.3 Å². The zero-order valence-corrected chi connectivity index (χ0v) is 20.2. The van der Waals surface area contributed by atoms with Crippen molar-refractivity contribution in [2.24, 2.45) is 0 Å². The Kier molecular flexibility index (Phi) is 7.11. The third-order valence-corrected chi connectivity index (χ3v) is 5.98. The first-order valence-corrected chi connectivity index (χ1v) is 11.6. The first-order valence-electron chi connectivity index (χ1n) is 10.7. The van der Waals surface area contributed by atoms with E-state index in [0.717, 1.165) is 11.1 Å². The van der Waals surface area contributed by atoms with E-state index < -0.39 is 24.5 Å². The van der Waals surface area contributed by atoms with Crippen molar-refractivity contribution in [3.63, 3.8) is 0 Å². The molecule has 180 valence electrons. The molecule has 0 bridgehead atoms. The van der Waals surface area contributed by atoms with Gasteiger partial charge in [-0.05, 0) is 49.2 Å².